The first kappa shape index (κ1) is 31.7. The van der Waals surface area contributed by atoms with Crippen molar-refractivity contribution in [3.05, 3.63) is 57.5 Å². The Hall–Kier alpha value is 1.28. The molecular formula is C25H27I6N5O3-2. The number of fused-ring (bicyclic) bond motifs is 2. The van der Waals surface area contributed by atoms with Crippen LogP contribution in [0.25, 0.3) is 10.9 Å². The molecule has 3 aromatic rings. The number of alkyl halides is 1. The molecule has 2 aliphatic rings. The van der Waals surface area contributed by atoms with Crippen molar-refractivity contribution in [2.24, 2.45) is 5.92 Å². The van der Waals surface area contributed by atoms with E-state index < -0.39 is 37.3 Å². The van der Waals surface area contributed by atoms with Gasteiger partial charge in [0.25, 0.3) is 0 Å². The molecule has 0 spiro atoms. The van der Waals surface area contributed by atoms with Gasteiger partial charge in [-0.05, 0) is 0 Å². The van der Waals surface area contributed by atoms with E-state index in [1.807, 2.05) is 44.1 Å². The second kappa shape index (κ2) is 14.8. The Morgan fingerprint density at radius 1 is 1.23 bits per heavy atom. The zero-order chi connectivity index (χ0) is 27.5. The van der Waals surface area contributed by atoms with Crippen LogP contribution in [0.1, 0.15) is 44.7 Å². The van der Waals surface area contributed by atoms with Crippen LogP contribution in [0.15, 0.2) is 35.3 Å². The zero-order valence-electron chi connectivity index (χ0n) is 21.0. The van der Waals surface area contributed by atoms with Crippen LogP contribution < -0.4 is 53.8 Å². The predicted octanol–water partition coefficient (Wildman–Crippen LogP) is 0.195. The van der Waals surface area contributed by atoms with Gasteiger partial charge in [0.2, 0.25) is 0 Å². The number of pyridine rings is 1. The molecule has 0 radical (unpaired) electrons. The molecule has 2 aromatic heterocycles. The van der Waals surface area contributed by atoms with E-state index in [2.05, 4.69) is 72.2 Å². The first-order chi connectivity index (χ1) is 18.8. The van der Waals surface area contributed by atoms with Crippen LogP contribution in [-0.4, -0.2) is 37.1 Å². The number of carbonyl (C=O) groups is 1. The molecule has 1 aliphatic carbocycles. The van der Waals surface area contributed by atoms with Crippen LogP contribution in [-0.2, 0) is 14.3 Å². The van der Waals surface area contributed by atoms with Crippen LogP contribution in [0.5, 0.6) is 0 Å². The van der Waals surface area contributed by atoms with Gasteiger partial charge < -0.3 is 0 Å². The maximum atomic E-state index is 14.1. The van der Waals surface area contributed by atoms with Crippen molar-refractivity contribution >= 4 is 103 Å². The molecule has 8 nitrogen and oxygen atoms in total. The third-order valence-electron chi connectivity index (χ3n) is 6.55. The van der Waals surface area contributed by atoms with Crippen LogP contribution in [0.2, 0.25) is 0 Å². The summed E-state index contributed by atoms with van der Waals surface area (Å²) in [5.74, 6) is 0.705. The summed E-state index contributed by atoms with van der Waals surface area (Å²) < 4.78 is 13.5. The molecular weight excluding hydrogens is 1180 g/mol. The van der Waals surface area contributed by atoms with Gasteiger partial charge in [-0.3, -0.25) is 0 Å². The third-order valence-corrected chi connectivity index (χ3v) is 25.6. The summed E-state index contributed by atoms with van der Waals surface area (Å²) in [4.78, 5) is 35.8. The SMILES string of the molecule is CC1CCCCC(I(I)c2nc3cc([I-]N(I)CCOI)ccc3c(=O)n2[I-]c2cnc3c(c2)NC(=O)C3)C1. The average molecular weight is 1210 g/mol. The van der Waals surface area contributed by atoms with Gasteiger partial charge in [-0.2, -0.15) is 0 Å². The van der Waals surface area contributed by atoms with Crippen molar-refractivity contribution in [3.63, 3.8) is 0 Å². The fraction of sp³-hybridized carbons (Fsp3) is 0.440. The minimum absolute atomic E-state index is 0.0215. The Morgan fingerprint density at radius 2 is 2.05 bits per heavy atom. The monoisotopic (exact) mass is 1210 g/mol. The van der Waals surface area contributed by atoms with Gasteiger partial charge in [0.15, 0.2) is 0 Å². The van der Waals surface area contributed by atoms with Crippen LogP contribution in [0, 0.1) is 16.9 Å². The number of anilines is 1. The molecule has 2 atom stereocenters. The molecule has 1 aromatic carbocycles. The molecule has 14 heteroatoms. The summed E-state index contributed by atoms with van der Waals surface area (Å²) in [6.45, 7) is 3.95. The molecule has 0 saturated heterocycles. The van der Waals surface area contributed by atoms with E-state index >= 15 is 0 Å². The van der Waals surface area contributed by atoms with Crippen molar-refractivity contribution < 1.29 is 50.8 Å². The average Bonchev–Trinajstić information content (AvgIpc) is 3.14. The quantitative estimate of drug-likeness (QED) is 0.109. The normalized spacial score (nSPS) is 19.9. The second-order valence-electron chi connectivity index (χ2n) is 9.50. The summed E-state index contributed by atoms with van der Waals surface area (Å²) in [5, 5.41) is 3.61. The van der Waals surface area contributed by atoms with Crippen molar-refractivity contribution in [2.75, 3.05) is 18.5 Å². The van der Waals surface area contributed by atoms with Crippen molar-refractivity contribution in [2.45, 2.75) is 49.4 Å². The fourth-order valence-corrected chi connectivity index (χ4v) is 23.5. The molecule has 5 rings (SSSR count). The van der Waals surface area contributed by atoms with Crippen molar-refractivity contribution in [3.8, 4) is 0 Å². The van der Waals surface area contributed by atoms with Crippen LogP contribution in [0.4, 0.5) is 5.69 Å². The number of rotatable bonds is 9. The molecule has 1 fully saturated rings. The first-order valence-corrected chi connectivity index (χ1v) is 27.0. The van der Waals surface area contributed by atoms with E-state index in [4.69, 9.17) is 8.05 Å². The van der Waals surface area contributed by atoms with E-state index in [1.165, 1.54) is 35.7 Å². The molecule has 1 N–H and O–H groups in total. The van der Waals surface area contributed by atoms with Crippen LogP contribution >= 0.6 is 80.3 Å². The van der Waals surface area contributed by atoms with Crippen molar-refractivity contribution in [1.82, 2.24) is 14.1 Å². The minimum atomic E-state index is -1.79. The van der Waals surface area contributed by atoms with Gasteiger partial charge in [-0.15, -0.1) is 0 Å². The van der Waals surface area contributed by atoms with Gasteiger partial charge in [-0.25, -0.2) is 0 Å². The maximum absolute atomic E-state index is 14.1. The molecule has 39 heavy (non-hydrogen) atoms. The number of hydrogen-bond donors (Lipinski definition) is 1. The third kappa shape index (κ3) is 8.06. The molecule has 1 aliphatic heterocycles. The van der Waals surface area contributed by atoms with Gasteiger partial charge in [0.05, 0.1) is 0 Å². The fourth-order valence-electron chi connectivity index (χ4n) is 4.65. The molecule has 3 heterocycles. The Morgan fingerprint density at radius 3 is 2.87 bits per heavy atom. The number of hydrogen-bond acceptors (Lipinski definition) is 6. The van der Waals surface area contributed by atoms with E-state index in [9.17, 15) is 9.59 Å². The zero-order valence-corrected chi connectivity index (χ0v) is 33.9. The summed E-state index contributed by atoms with van der Waals surface area (Å²) >= 11 is 3.98. The van der Waals surface area contributed by atoms with E-state index in [-0.39, 0.29) is 32.9 Å². The van der Waals surface area contributed by atoms with Crippen LogP contribution in [0.3, 0.4) is 0 Å². The Bertz CT molecular complexity index is 1420. The van der Waals surface area contributed by atoms with E-state index in [0.717, 1.165) is 36.8 Å². The molecule has 1 saturated carbocycles. The number of carbonyl (C=O) groups excluding carboxylic acids is 1. The standard InChI is InChI=1S/C25H27I6N5O3/c1-15-4-2-3-5-18(10-15)31(26)25-34-20-11-16(29-35(27)8-9-39-28)6-7-19(20)24(38)36(25)30-17-12-22-21(32-14-17)13-23(37)33-22/h6-7,11-12,14-15,18H,2-5,8-10,13H2,1H3,(H,33,37)/q-2. The molecule has 214 valence electrons. The van der Waals surface area contributed by atoms with Crippen molar-refractivity contribution in [1.29, 1.82) is 0 Å². The summed E-state index contributed by atoms with van der Waals surface area (Å²) in [6.07, 6.45) is 8.54. The Balaban J connectivity index is 1.54. The van der Waals surface area contributed by atoms with Gasteiger partial charge >= 0.3 is 299 Å². The first-order valence-electron chi connectivity index (χ1n) is 12.5. The number of benzene rings is 1. The van der Waals surface area contributed by atoms with E-state index in [0.29, 0.717) is 22.3 Å². The topological polar surface area (TPSA) is 89.3 Å². The van der Waals surface area contributed by atoms with Gasteiger partial charge in [0.1, 0.15) is 0 Å². The summed E-state index contributed by atoms with van der Waals surface area (Å²) in [5.41, 5.74) is 2.48. The summed E-state index contributed by atoms with van der Waals surface area (Å²) in [7, 11) is 0. The van der Waals surface area contributed by atoms with E-state index in [1.54, 1.807) is 0 Å². The predicted molar refractivity (Wildman–Crippen MR) is 179 cm³/mol. The number of nitrogens with zero attached hydrogens (tertiary/aromatic N) is 4. The second-order valence-corrected chi connectivity index (χ2v) is 28.8. The number of halogens is 6. The van der Waals surface area contributed by atoms with Gasteiger partial charge in [-0.1, -0.05) is 0 Å². The Labute approximate surface area is 294 Å². The molecule has 0 bridgehead atoms. The Kier molecular flexibility index (Phi) is 12.1. The number of amides is 1. The number of nitrogens with one attached hydrogen (secondary N) is 1. The number of aromatic nitrogens is 3. The van der Waals surface area contributed by atoms with Gasteiger partial charge in [0, 0.05) is 0 Å². The molecule has 2 unspecified atom stereocenters. The summed E-state index contributed by atoms with van der Waals surface area (Å²) in [6, 6.07) is 8.24. The molecule has 1 amide bonds.